The van der Waals surface area contributed by atoms with E-state index in [-0.39, 0.29) is 11.7 Å². The van der Waals surface area contributed by atoms with Crippen molar-refractivity contribution in [3.05, 3.63) is 59.9 Å². The van der Waals surface area contributed by atoms with Gasteiger partial charge in [0.05, 0.1) is 0 Å². The standard InChI is InChI=1S/C17H18FNO2/c1-3-13-4-8-15(9-5-13)19-17(20)12(2)21-16-10-6-14(18)7-11-16/h4-12H,3H2,1-2H3,(H,19,20)/t12-/m0/s1. The molecule has 21 heavy (non-hydrogen) atoms. The summed E-state index contributed by atoms with van der Waals surface area (Å²) in [6.45, 7) is 3.73. The van der Waals surface area contributed by atoms with Gasteiger partial charge in [-0.15, -0.1) is 0 Å². The molecule has 0 spiro atoms. The van der Waals surface area contributed by atoms with E-state index < -0.39 is 6.10 Å². The van der Waals surface area contributed by atoms with Crippen LogP contribution in [0.2, 0.25) is 0 Å². The topological polar surface area (TPSA) is 38.3 Å². The van der Waals surface area contributed by atoms with E-state index in [1.165, 1.54) is 29.8 Å². The Morgan fingerprint density at radius 1 is 1.14 bits per heavy atom. The lowest BCUT2D eigenvalue weighted by atomic mass is 10.1. The van der Waals surface area contributed by atoms with Crippen LogP contribution in [0.3, 0.4) is 0 Å². The molecule has 0 fully saturated rings. The summed E-state index contributed by atoms with van der Waals surface area (Å²) in [5.74, 6) is -0.126. The summed E-state index contributed by atoms with van der Waals surface area (Å²) in [5, 5.41) is 2.79. The number of aryl methyl sites for hydroxylation is 1. The Balaban J connectivity index is 1.93. The smallest absolute Gasteiger partial charge is 0.265 e. The highest BCUT2D eigenvalue weighted by atomic mass is 19.1. The van der Waals surface area contributed by atoms with Crippen molar-refractivity contribution in [3.8, 4) is 5.75 Å². The molecule has 0 aliphatic carbocycles. The van der Waals surface area contributed by atoms with Gasteiger partial charge in [-0.05, 0) is 55.3 Å². The molecule has 0 heterocycles. The maximum absolute atomic E-state index is 12.8. The van der Waals surface area contributed by atoms with Gasteiger partial charge in [-0.25, -0.2) is 4.39 Å². The highest BCUT2D eigenvalue weighted by molar-refractivity contribution is 5.94. The van der Waals surface area contributed by atoms with Crippen LogP contribution in [0.1, 0.15) is 19.4 Å². The van der Waals surface area contributed by atoms with Crippen molar-refractivity contribution in [1.82, 2.24) is 0 Å². The summed E-state index contributed by atoms with van der Waals surface area (Å²) in [7, 11) is 0. The first kappa shape index (κ1) is 15.0. The van der Waals surface area contributed by atoms with Gasteiger partial charge < -0.3 is 10.1 Å². The zero-order valence-electron chi connectivity index (χ0n) is 12.1. The first-order valence-electron chi connectivity index (χ1n) is 6.90. The van der Waals surface area contributed by atoms with E-state index in [0.29, 0.717) is 5.75 Å². The second-order valence-electron chi connectivity index (χ2n) is 4.75. The van der Waals surface area contributed by atoms with E-state index in [2.05, 4.69) is 12.2 Å². The zero-order valence-corrected chi connectivity index (χ0v) is 12.1. The number of amides is 1. The summed E-state index contributed by atoms with van der Waals surface area (Å²) >= 11 is 0. The maximum Gasteiger partial charge on any atom is 0.265 e. The number of nitrogens with one attached hydrogen (secondary N) is 1. The van der Waals surface area contributed by atoms with Crippen LogP contribution >= 0.6 is 0 Å². The summed E-state index contributed by atoms with van der Waals surface area (Å²) in [6, 6.07) is 13.3. The third-order valence-corrected chi connectivity index (χ3v) is 3.13. The van der Waals surface area contributed by atoms with Gasteiger partial charge in [0, 0.05) is 5.69 Å². The summed E-state index contributed by atoms with van der Waals surface area (Å²) in [4.78, 5) is 12.0. The molecule has 0 bridgehead atoms. The number of ether oxygens (including phenoxy) is 1. The minimum Gasteiger partial charge on any atom is -0.481 e. The van der Waals surface area contributed by atoms with Crippen molar-refractivity contribution >= 4 is 11.6 Å². The first-order valence-corrected chi connectivity index (χ1v) is 6.90. The number of hydrogen-bond acceptors (Lipinski definition) is 2. The van der Waals surface area contributed by atoms with Crippen molar-refractivity contribution in [2.75, 3.05) is 5.32 Å². The minimum absolute atomic E-state index is 0.247. The number of anilines is 1. The van der Waals surface area contributed by atoms with Crippen molar-refractivity contribution < 1.29 is 13.9 Å². The Kier molecular flexibility index (Phi) is 4.93. The SMILES string of the molecule is CCc1ccc(NC(=O)[C@H](C)Oc2ccc(F)cc2)cc1. The third kappa shape index (κ3) is 4.31. The Morgan fingerprint density at radius 3 is 2.33 bits per heavy atom. The average molecular weight is 287 g/mol. The molecule has 1 N–H and O–H groups in total. The van der Waals surface area contributed by atoms with Gasteiger partial charge in [-0.2, -0.15) is 0 Å². The third-order valence-electron chi connectivity index (χ3n) is 3.13. The number of hydrogen-bond donors (Lipinski definition) is 1. The fraction of sp³-hybridized carbons (Fsp3) is 0.235. The van der Waals surface area contributed by atoms with Gasteiger partial charge in [0.2, 0.25) is 0 Å². The Morgan fingerprint density at radius 2 is 1.76 bits per heavy atom. The maximum atomic E-state index is 12.8. The van der Waals surface area contributed by atoms with Crippen LogP contribution in [0.5, 0.6) is 5.75 Å². The normalized spacial score (nSPS) is 11.8. The largest absolute Gasteiger partial charge is 0.481 e. The lowest BCUT2D eigenvalue weighted by Crippen LogP contribution is -2.30. The van der Waals surface area contributed by atoms with Crippen LogP contribution < -0.4 is 10.1 Å². The van der Waals surface area contributed by atoms with Crippen molar-refractivity contribution in [2.45, 2.75) is 26.4 Å². The van der Waals surface area contributed by atoms with Gasteiger partial charge in [0.15, 0.2) is 6.10 Å². The lowest BCUT2D eigenvalue weighted by Gasteiger charge is -2.14. The van der Waals surface area contributed by atoms with E-state index in [4.69, 9.17) is 4.74 Å². The predicted molar refractivity (Wildman–Crippen MR) is 80.9 cm³/mol. The quantitative estimate of drug-likeness (QED) is 0.908. The molecular weight excluding hydrogens is 269 g/mol. The van der Waals surface area contributed by atoms with Crippen LogP contribution in [0.4, 0.5) is 10.1 Å². The number of halogens is 1. The van der Waals surface area contributed by atoms with Crippen molar-refractivity contribution in [1.29, 1.82) is 0 Å². The van der Waals surface area contributed by atoms with Gasteiger partial charge in [0.25, 0.3) is 5.91 Å². The molecule has 0 saturated heterocycles. The van der Waals surface area contributed by atoms with E-state index in [9.17, 15) is 9.18 Å². The van der Waals surface area contributed by atoms with Gasteiger partial charge in [0.1, 0.15) is 11.6 Å². The van der Waals surface area contributed by atoms with Crippen LogP contribution in [0.15, 0.2) is 48.5 Å². The van der Waals surface area contributed by atoms with Crippen molar-refractivity contribution in [3.63, 3.8) is 0 Å². The molecule has 0 radical (unpaired) electrons. The highest BCUT2D eigenvalue weighted by Crippen LogP contribution is 2.15. The molecular formula is C17H18FNO2. The van der Waals surface area contributed by atoms with Gasteiger partial charge in [-0.3, -0.25) is 4.79 Å². The Labute approximate surface area is 123 Å². The fourth-order valence-electron chi connectivity index (χ4n) is 1.84. The minimum atomic E-state index is -0.665. The van der Waals surface area contributed by atoms with E-state index in [1.54, 1.807) is 6.92 Å². The molecule has 2 aromatic rings. The summed E-state index contributed by atoms with van der Waals surface area (Å²) < 4.78 is 18.3. The lowest BCUT2D eigenvalue weighted by molar-refractivity contribution is -0.122. The highest BCUT2D eigenvalue weighted by Gasteiger charge is 2.14. The summed E-state index contributed by atoms with van der Waals surface area (Å²) in [5.41, 5.74) is 1.94. The van der Waals surface area contributed by atoms with E-state index in [1.807, 2.05) is 24.3 Å². The molecule has 0 aliphatic heterocycles. The summed E-state index contributed by atoms with van der Waals surface area (Å²) in [6.07, 6.45) is 0.291. The fourth-order valence-corrected chi connectivity index (χ4v) is 1.84. The van der Waals surface area contributed by atoms with Crippen LogP contribution in [-0.2, 0) is 11.2 Å². The van der Waals surface area contributed by atoms with Gasteiger partial charge in [-0.1, -0.05) is 19.1 Å². The van der Waals surface area contributed by atoms with Gasteiger partial charge >= 0.3 is 0 Å². The molecule has 1 amide bonds. The molecule has 1 atom stereocenters. The predicted octanol–water partition coefficient (Wildman–Crippen LogP) is 3.79. The Hall–Kier alpha value is -2.36. The van der Waals surface area contributed by atoms with Crippen LogP contribution in [0.25, 0.3) is 0 Å². The molecule has 0 aliphatic rings. The van der Waals surface area contributed by atoms with Crippen LogP contribution in [0, 0.1) is 5.82 Å². The molecule has 110 valence electrons. The van der Waals surface area contributed by atoms with E-state index >= 15 is 0 Å². The second-order valence-corrected chi connectivity index (χ2v) is 4.75. The zero-order chi connectivity index (χ0) is 15.2. The van der Waals surface area contributed by atoms with E-state index in [0.717, 1.165) is 12.1 Å². The molecule has 0 aromatic heterocycles. The first-order chi connectivity index (χ1) is 10.1. The number of rotatable bonds is 5. The number of benzene rings is 2. The molecule has 2 rings (SSSR count). The van der Waals surface area contributed by atoms with Crippen molar-refractivity contribution in [2.24, 2.45) is 0 Å². The molecule has 3 nitrogen and oxygen atoms in total. The monoisotopic (exact) mass is 287 g/mol. The molecule has 4 heteroatoms. The molecule has 2 aromatic carbocycles. The number of carbonyl (C=O) groups excluding carboxylic acids is 1. The molecule has 0 saturated carbocycles. The van der Waals surface area contributed by atoms with Crippen LogP contribution in [-0.4, -0.2) is 12.0 Å². The molecule has 0 unspecified atom stereocenters. The second kappa shape index (κ2) is 6.88. The number of carbonyl (C=O) groups is 1. The average Bonchev–Trinajstić information content (AvgIpc) is 2.50. The Bertz CT molecular complexity index is 593.